The minimum atomic E-state index is -3.47. The lowest BCUT2D eigenvalue weighted by Gasteiger charge is -2.36. The number of urea groups is 1. The summed E-state index contributed by atoms with van der Waals surface area (Å²) in [6.45, 7) is 4.04. The Morgan fingerprint density at radius 3 is 2.78 bits per heavy atom. The maximum Gasteiger partial charge on any atom is 0.323 e. The van der Waals surface area contributed by atoms with Gasteiger partial charge in [0.25, 0.3) is 0 Å². The number of pyridine rings is 1. The standard InChI is InChI=1S/C28H31N5O3S/c1-3-19-17-30-27-23(13-14-29-27)26(19)33-15-7-9-21(18-33)20-8-6-10-22(16-20)31-28(34)32-24-11-4-5-12-25(24)37(2,35)36/h4-6,8,10-14,16-17,21H,3,7,9,15,18H2,1-2H3,(H,29,30)(H2,31,32,34). The van der Waals surface area contributed by atoms with Crippen LogP contribution in [-0.4, -0.2) is 43.8 Å². The van der Waals surface area contributed by atoms with Crippen molar-refractivity contribution in [1.82, 2.24) is 9.97 Å². The number of aryl methyl sites for hydroxylation is 1. The topological polar surface area (TPSA) is 107 Å². The van der Waals surface area contributed by atoms with Crippen molar-refractivity contribution in [1.29, 1.82) is 0 Å². The van der Waals surface area contributed by atoms with E-state index >= 15 is 0 Å². The van der Waals surface area contributed by atoms with Crippen molar-refractivity contribution in [3.63, 3.8) is 0 Å². The highest BCUT2D eigenvalue weighted by atomic mass is 32.2. The molecule has 1 saturated heterocycles. The molecule has 0 aliphatic carbocycles. The fourth-order valence-electron chi connectivity index (χ4n) is 5.17. The molecule has 1 atom stereocenters. The number of amides is 2. The van der Waals surface area contributed by atoms with E-state index in [0.717, 1.165) is 55.2 Å². The van der Waals surface area contributed by atoms with Gasteiger partial charge < -0.3 is 20.5 Å². The molecule has 2 aromatic heterocycles. The van der Waals surface area contributed by atoms with Crippen LogP contribution in [0, 0.1) is 0 Å². The van der Waals surface area contributed by atoms with Crippen molar-refractivity contribution < 1.29 is 13.2 Å². The van der Waals surface area contributed by atoms with Gasteiger partial charge in [-0.25, -0.2) is 18.2 Å². The molecule has 192 valence electrons. The lowest BCUT2D eigenvalue weighted by molar-refractivity contribution is 0.262. The maximum atomic E-state index is 12.7. The van der Waals surface area contributed by atoms with Gasteiger partial charge in [-0.15, -0.1) is 0 Å². The first-order valence-corrected chi connectivity index (χ1v) is 14.4. The maximum absolute atomic E-state index is 12.7. The Hall–Kier alpha value is -3.85. The lowest BCUT2D eigenvalue weighted by atomic mass is 9.89. The number of nitrogens with one attached hydrogen (secondary N) is 3. The van der Waals surface area contributed by atoms with Crippen LogP contribution in [0.1, 0.15) is 36.8 Å². The van der Waals surface area contributed by atoms with Crippen molar-refractivity contribution in [2.24, 2.45) is 0 Å². The van der Waals surface area contributed by atoms with Gasteiger partial charge in [0.05, 0.1) is 16.3 Å². The molecule has 5 rings (SSSR count). The molecule has 2 amide bonds. The van der Waals surface area contributed by atoms with Crippen molar-refractivity contribution in [3.8, 4) is 0 Å². The molecule has 0 radical (unpaired) electrons. The van der Waals surface area contributed by atoms with E-state index in [9.17, 15) is 13.2 Å². The smallest absolute Gasteiger partial charge is 0.323 e. The molecule has 2 aromatic carbocycles. The van der Waals surface area contributed by atoms with E-state index in [1.54, 1.807) is 18.2 Å². The summed E-state index contributed by atoms with van der Waals surface area (Å²) in [5, 5.41) is 6.69. The number of carbonyl (C=O) groups is 1. The number of hydrogen-bond donors (Lipinski definition) is 3. The van der Waals surface area contributed by atoms with E-state index in [1.165, 1.54) is 17.3 Å². The van der Waals surface area contributed by atoms with Crippen LogP contribution in [-0.2, 0) is 16.3 Å². The SMILES string of the molecule is CCc1cnc2[nH]ccc2c1N1CCCC(c2cccc(NC(=O)Nc3ccccc3S(C)(=O)=O)c2)C1. The van der Waals surface area contributed by atoms with Gasteiger partial charge in [0.1, 0.15) is 5.65 Å². The molecule has 3 heterocycles. The molecular weight excluding hydrogens is 486 g/mol. The van der Waals surface area contributed by atoms with E-state index in [0.29, 0.717) is 11.6 Å². The lowest BCUT2D eigenvalue weighted by Crippen LogP contribution is -2.35. The number of nitrogens with zero attached hydrogens (tertiary/aromatic N) is 2. The molecule has 4 aromatic rings. The minimum Gasteiger partial charge on any atom is -0.370 e. The summed E-state index contributed by atoms with van der Waals surface area (Å²) in [6.07, 6.45) is 8.10. The molecule has 1 fully saturated rings. The average molecular weight is 518 g/mol. The third kappa shape index (κ3) is 5.32. The van der Waals surface area contributed by atoms with Gasteiger partial charge >= 0.3 is 6.03 Å². The molecule has 9 heteroatoms. The van der Waals surface area contributed by atoms with E-state index in [-0.39, 0.29) is 10.6 Å². The molecule has 37 heavy (non-hydrogen) atoms. The summed E-state index contributed by atoms with van der Waals surface area (Å²) in [6, 6.07) is 15.9. The van der Waals surface area contributed by atoms with Gasteiger partial charge in [-0.2, -0.15) is 0 Å². The van der Waals surface area contributed by atoms with Crippen LogP contribution in [0.2, 0.25) is 0 Å². The first-order valence-electron chi connectivity index (χ1n) is 12.5. The first kappa shape index (κ1) is 24.8. The van der Waals surface area contributed by atoms with Crippen molar-refractivity contribution in [3.05, 3.63) is 78.1 Å². The van der Waals surface area contributed by atoms with Crippen LogP contribution >= 0.6 is 0 Å². The molecule has 1 aliphatic rings. The third-order valence-corrected chi connectivity index (χ3v) is 8.06. The average Bonchev–Trinajstić information content (AvgIpc) is 3.37. The van der Waals surface area contributed by atoms with Gasteiger partial charge in [0, 0.05) is 48.7 Å². The number of carbonyl (C=O) groups excluding carboxylic acids is 1. The molecule has 8 nitrogen and oxygen atoms in total. The summed E-state index contributed by atoms with van der Waals surface area (Å²) < 4.78 is 24.1. The van der Waals surface area contributed by atoms with Crippen molar-refractivity contribution in [2.45, 2.75) is 37.0 Å². The van der Waals surface area contributed by atoms with E-state index in [1.807, 2.05) is 30.6 Å². The third-order valence-electron chi connectivity index (χ3n) is 6.90. The Labute approximate surface area is 217 Å². The van der Waals surface area contributed by atoms with Gasteiger partial charge in [-0.3, -0.25) is 0 Å². The number of piperidine rings is 1. The van der Waals surface area contributed by atoms with Crippen LogP contribution < -0.4 is 15.5 Å². The highest BCUT2D eigenvalue weighted by Crippen LogP contribution is 2.36. The number of aromatic amines is 1. The second-order valence-electron chi connectivity index (χ2n) is 9.48. The molecule has 0 spiro atoms. The Bertz CT molecular complexity index is 1550. The monoisotopic (exact) mass is 517 g/mol. The fourth-order valence-corrected chi connectivity index (χ4v) is 6.01. The summed E-state index contributed by atoms with van der Waals surface area (Å²) in [5.41, 5.74) is 5.49. The highest BCUT2D eigenvalue weighted by molar-refractivity contribution is 7.90. The van der Waals surface area contributed by atoms with Crippen molar-refractivity contribution in [2.75, 3.05) is 34.9 Å². The van der Waals surface area contributed by atoms with Gasteiger partial charge in [-0.05, 0) is 60.7 Å². The summed E-state index contributed by atoms with van der Waals surface area (Å²) in [7, 11) is -3.47. The number of fused-ring (bicyclic) bond motifs is 1. The molecule has 3 N–H and O–H groups in total. The predicted molar refractivity (Wildman–Crippen MR) is 148 cm³/mol. The number of sulfone groups is 1. The Morgan fingerprint density at radius 1 is 1.14 bits per heavy atom. The van der Waals surface area contributed by atoms with Crippen LogP contribution in [0.4, 0.5) is 21.9 Å². The predicted octanol–water partition coefficient (Wildman–Crippen LogP) is 5.56. The summed E-state index contributed by atoms with van der Waals surface area (Å²) >= 11 is 0. The minimum absolute atomic E-state index is 0.0836. The van der Waals surface area contributed by atoms with Crippen molar-refractivity contribution >= 4 is 44.0 Å². The van der Waals surface area contributed by atoms with Gasteiger partial charge in [-0.1, -0.05) is 31.2 Å². The van der Waals surface area contributed by atoms with E-state index < -0.39 is 15.9 Å². The molecular formula is C28H31N5O3S. The molecule has 0 bridgehead atoms. The van der Waals surface area contributed by atoms with E-state index in [2.05, 4.69) is 44.6 Å². The van der Waals surface area contributed by atoms with Gasteiger partial charge in [0.15, 0.2) is 9.84 Å². The number of aromatic nitrogens is 2. The molecule has 1 unspecified atom stereocenters. The second kappa shape index (κ2) is 10.3. The number of rotatable bonds is 6. The Kier molecular flexibility index (Phi) is 6.88. The Balaban J connectivity index is 1.33. The fraction of sp³-hybridized carbons (Fsp3) is 0.286. The normalized spacial score (nSPS) is 16.1. The number of benzene rings is 2. The van der Waals surface area contributed by atoms with Crippen LogP contribution in [0.5, 0.6) is 0 Å². The summed E-state index contributed by atoms with van der Waals surface area (Å²) in [5.74, 6) is 0.316. The largest absolute Gasteiger partial charge is 0.370 e. The van der Waals surface area contributed by atoms with Crippen LogP contribution in [0.25, 0.3) is 11.0 Å². The Morgan fingerprint density at radius 2 is 1.97 bits per heavy atom. The second-order valence-corrected chi connectivity index (χ2v) is 11.5. The number of hydrogen-bond acceptors (Lipinski definition) is 5. The number of para-hydroxylation sites is 1. The first-order chi connectivity index (χ1) is 17.8. The quantitative estimate of drug-likeness (QED) is 0.311. The zero-order valence-corrected chi connectivity index (χ0v) is 21.8. The van der Waals surface area contributed by atoms with Crippen LogP contribution in [0.15, 0.2) is 71.9 Å². The highest BCUT2D eigenvalue weighted by Gasteiger charge is 2.25. The molecule has 1 aliphatic heterocycles. The zero-order valence-electron chi connectivity index (χ0n) is 21.0. The number of anilines is 3. The van der Waals surface area contributed by atoms with E-state index in [4.69, 9.17) is 0 Å². The number of H-pyrrole nitrogens is 1. The summed E-state index contributed by atoms with van der Waals surface area (Å²) in [4.78, 5) is 23.1. The zero-order chi connectivity index (χ0) is 26.0. The van der Waals surface area contributed by atoms with Crippen LogP contribution in [0.3, 0.4) is 0 Å². The van der Waals surface area contributed by atoms with Gasteiger partial charge in [0.2, 0.25) is 0 Å². The molecule has 0 saturated carbocycles.